The lowest BCUT2D eigenvalue weighted by molar-refractivity contribution is 0.270. The molecular weight excluding hydrogens is 329 g/mol. The second-order valence-electron chi connectivity index (χ2n) is 6.40. The van der Waals surface area contributed by atoms with Crippen LogP contribution in [0.4, 0.5) is 15.8 Å². The Balaban J connectivity index is 1.60. The lowest BCUT2D eigenvalue weighted by atomic mass is 10.1. The highest BCUT2D eigenvalue weighted by atomic mass is 19.1. The fraction of sp³-hybridized carbons (Fsp3) is 0.350. The Morgan fingerprint density at radius 1 is 1.12 bits per heavy atom. The molecule has 1 aliphatic heterocycles. The summed E-state index contributed by atoms with van der Waals surface area (Å²) in [5.41, 5.74) is 8.25. The molecule has 5 nitrogen and oxygen atoms in total. The predicted molar refractivity (Wildman–Crippen MR) is 106 cm³/mol. The van der Waals surface area contributed by atoms with Crippen molar-refractivity contribution in [3.8, 4) is 0 Å². The molecule has 1 heterocycles. The van der Waals surface area contributed by atoms with Gasteiger partial charge in [0, 0.05) is 31.9 Å². The highest BCUT2D eigenvalue weighted by Gasteiger charge is 2.18. The normalized spacial score (nSPS) is 15.9. The van der Waals surface area contributed by atoms with Gasteiger partial charge in [-0.25, -0.2) is 9.38 Å². The summed E-state index contributed by atoms with van der Waals surface area (Å²) in [6.07, 6.45) is 0. The molecule has 1 aliphatic rings. The van der Waals surface area contributed by atoms with Crippen molar-refractivity contribution in [2.24, 2.45) is 10.7 Å². The minimum absolute atomic E-state index is 0.197. The summed E-state index contributed by atoms with van der Waals surface area (Å²) in [5, 5.41) is 3.02. The molecule has 3 N–H and O–H groups in total. The van der Waals surface area contributed by atoms with Gasteiger partial charge in [-0.15, -0.1) is 0 Å². The maximum absolute atomic E-state index is 14.5. The lowest BCUT2D eigenvalue weighted by Crippen LogP contribution is -2.46. The van der Waals surface area contributed by atoms with Crippen LogP contribution in [0.3, 0.4) is 0 Å². The van der Waals surface area contributed by atoms with Crippen LogP contribution in [-0.2, 0) is 6.54 Å². The van der Waals surface area contributed by atoms with Gasteiger partial charge in [-0.2, -0.15) is 0 Å². The van der Waals surface area contributed by atoms with Crippen LogP contribution >= 0.6 is 0 Å². The van der Waals surface area contributed by atoms with Crippen molar-refractivity contribution in [1.29, 1.82) is 0 Å². The summed E-state index contributed by atoms with van der Waals surface area (Å²) in [5.74, 6) is 0.119. The molecule has 26 heavy (non-hydrogen) atoms. The van der Waals surface area contributed by atoms with Gasteiger partial charge in [0.25, 0.3) is 0 Å². The van der Waals surface area contributed by atoms with Gasteiger partial charge in [0.05, 0.1) is 12.2 Å². The van der Waals surface area contributed by atoms with E-state index in [1.165, 1.54) is 0 Å². The van der Waals surface area contributed by atoms with Crippen LogP contribution in [0, 0.1) is 5.82 Å². The monoisotopic (exact) mass is 355 g/mol. The van der Waals surface area contributed by atoms with Crippen molar-refractivity contribution in [2.75, 3.05) is 42.9 Å². The summed E-state index contributed by atoms with van der Waals surface area (Å²) >= 11 is 0. The molecule has 0 radical (unpaired) electrons. The average Bonchev–Trinajstić information content (AvgIpc) is 2.67. The second kappa shape index (κ2) is 8.67. The zero-order chi connectivity index (χ0) is 18.4. The third kappa shape index (κ3) is 4.73. The lowest BCUT2D eigenvalue weighted by Gasteiger charge is -2.35. The van der Waals surface area contributed by atoms with Gasteiger partial charge in [-0.05, 0) is 36.4 Å². The van der Waals surface area contributed by atoms with E-state index in [9.17, 15) is 4.39 Å². The number of anilines is 2. The second-order valence-corrected chi connectivity index (χ2v) is 6.40. The number of nitrogens with zero attached hydrogens (tertiary/aromatic N) is 3. The van der Waals surface area contributed by atoms with Gasteiger partial charge in [0.15, 0.2) is 5.96 Å². The number of halogens is 1. The Bertz CT molecular complexity index is 739. The molecule has 0 unspecified atom stereocenters. The number of rotatable bonds is 5. The minimum Gasteiger partial charge on any atom is -0.370 e. The fourth-order valence-corrected chi connectivity index (χ4v) is 3.10. The standard InChI is InChI=1S/C20H26FN5/c1-2-25-10-12-26(13-11-25)19-9-8-16(14-18(19)21)15-23-20(22)24-17-6-4-3-5-7-17/h3-9,14H,2,10-13,15H2,1H3,(H3,22,23,24). The molecule has 0 aromatic heterocycles. The Morgan fingerprint density at radius 3 is 2.50 bits per heavy atom. The first-order valence-corrected chi connectivity index (χ1v) is 9.03. The van der Waals surface area contributed by atoms with Gasteiger partial charge >= 0.3 is 0 Å². The van der Waals surface area contributed by atoms with E-state index in [1.807, 2.05) is 42.5 Å². The summed E-state index contributed by atoms with van der Waals surface area (Å²) in [6, 6.07) is 14.9. The molecule has 2 aromatic rings. The molecule has 1 fully saturated rings. The van der Waals surface area contributed by atoms with Gasteiger partial charge in [0.1, 0.15) is 5.82 Å². The van der Waals surface area contributed by atoms with E-state index in [0.717, 1.165) is 44.0 Å². The number of nitrogens with two attached hydrogens (primary N) is 1. The van der Waals surface area contributed by atoms with Gasteiger partial charge in [-0.1, -0.05) is 31.2 Å². The Kier molecular flexibility index (Phi) is 6.07. The number of likely N-dealkylation sites (N-methyl/N-ethyl adjacent to an activating group) is 1. The third-order valence-electron chi connectivity index (χ3n) is 4.65. The molecule has 2 aromatic carbocycles. The van der Waals surface area contributed by atoms with Gasteiger partial charge < -0.3 is 20.9 Å². The van der Waals surface area contributed by atoms with E-state index in [0.29, 0.717) is 18.2 Å². The van der Waals surface area contributed by atoms with Crippen molar-refractivity contribution < 1.29 is 4.39 Å². The van der Waals surface area contributed by atoms with Gasteiger partial charge in [-0.3, -0.25) is 0 Å². The van der Waals surface area contributed by atoms with E-state index in [-0.39, 0.29) is 5.82 Å². The summed E-state index contributed by atoms with van der Waals surface area (Å²) in [7, 11) is 0. The van der Waals surface area contributed by atoms with Crippen molar-refractivity contribution in [3.05, 3.63) is 59.9 Å². The van der Waals surface area contributed by atoms with Crippen molar-refractivity contribution in [2.45, 2.75) is 13.5 Å². The zero-order valence-electron chi connectivity index (χ0n) is 15.2. The molecule has 3 rings (SSSR count). The first kappa shape index (κ1) is 18.2. The number of aliphatic imine (C=N–C) groups is 1. The molecule has 1 saturated heterocycles. The molecule has 0 amide bonds. The smallest absolute Gasteiger partial charge is 0.193 e. The summed E-state index contributed by atoms with van der Waals surface area (Å²) in [6.45, 7) is 7.21. The maximum atomic E-state index is 14.5. The zero-order valence-corrected chi connectivity index (χ0v) is 15.2. The number of hydrogen-bond donors (Lipinski definition) is 2. The highest BCUT2D eigenvalue weighted by molar-refractivity contribution is 5.92. The highest BCUT2D eigenvalue weighted by Crippen LogP contribution is 2.22. The van der Waals surface area contributed by atoms with E-state index >= 15 is 0 Å². The average molecular weight is 355 g/mol. The van der Waals surface area contributed by atoms with Crippen LogP contribution in [0.5, 0.6) is 0 Å². The van der Waals surface area contributed by atoms with Crippen LogP contribution in [0.25, 0.3) is 0 Å². The van der Waals surface area contributed by atoms with Gasteiger partial charge in [0.2, 0.25) is 0 Å². The maximum Gasteiger partial charge on any atom is 0.193 e. The number of hydrogen-bond acceptors (Lipinski definition) is 3. The third-order valence-corrected chi connectivity index (χ3v) is 4.65. The Labute approximate surface area is 154 Å². The number of guanidine groups is 1. The van der Waals surface area contributed by atoms with Crippen LogP contribution in [0.1, 0.15) is 12.5 Å². The Hall–Kier alpha value is -2.60. The van der Waals surface area contributed by atoms with E-state index in [4.69, 9.17) is 5.73 Å². The molecule has 0 spiro atoms. The first-order valence-electron chi connectivity index (χ1n) is 9.03. The number of para-hydroxylation sites is 1. The SMILES string of the molecule is CCN1CCN(c2ccc(CN=C(N)Nc3ccccc3)cc2F)CC1. The summed E-state index contributed by atoms with van der Waals surface area (Å²) < 4.78 is 14.5. The van der Waals surface area contributed by atoms with E-state index in [1.54, 1.807) is 6.07 Å². The molecule has 0 aliphatic carbocycles. The predicted octanol–water partition coefficient (Wildman–Crippen LogP) is 2.89. The number of piperazine rings is 1. The first-order chi connectivity index (χ1) is 12.7. The summed E-state index contributed by atoms with van der Waals surface area (Å²) in [4.78, 5) is 8.78. The van der Waals surface area contributed by atoms with Crippen molar-refractivity contribution in [3.63, 3.8) is 0 Å². The number of nitrogens with one attached hydrogen (secondary N) is 1. The molecule has 138 valence electrons. The minimum atomic E-state index is -0.197. The van der Waals surface area contributed by atoms with E-state index < -0.39 is 0 Å². The van der Waals surface area contributed by atoms with E-state index in [2.05, 4.69) is 27.0 Å². The quantitative estimate of drug-likeness (QED) is 0.640. The van der Waals surface area contributed by atoms with Crippen LogP contribution < -0.4 is 16.0 Å². The largest absolute Gasteiger partial charge is 0.370 e. The molecule has 0 atom stereocenters. The van der Waals surface area contributed by atoms with Crippen molar-refractivity contribution >= 4 is 17.3 Å². The topological polar surface area (TPSA) is 56.9 Å². The van der Waals surface area contributed by atoms with Crippen molar-refractivity contribution in [1.82, 2.24) is 4.90 Å². The molecule has 6 heteroatoms. The molecule has 0 saturated carbocycles. The number of benzene rings is 2. The van der Waals surface area contributed by atoms with Crippen LogP contribution in [0.15, 0.2) is 53.5 Å². The van der Waals surface area contributed by atoms with Crippen LogP contribution in [-0.4, -0.2) is 43.6 Å². The molecule has 0 bridgehead atoms. The molecular formula is C20H26FN5. The van der Waals surface area contributed by atoms with Crippen LogP contribution in [0.2, 0.25) is 0 Å². The Morgan fingerprint density at radius 2 is 1.85 bits per heavy atom. The fourth-order valence-electron chi connectivity index (χ4n) is 3.10.